The van der Waals surface area contributed by atoms with Crippen LogP contribution < -0.4 is 0 Å². The predicted molar refractivity (Wildman–Crippen MR) is 53.9 cm³/mol. The van der Waals surface area contributed by atoms with E-state index in [1.54, 1.807) is 0 Å². The zero-order valence-corrected chi connectivity index (χ0v) is 8.23. The smallest absolute Gasteiger partial charge is 0.0203 e. The van der Waals surface area contributed by atoms with Gasteiger partial charge in [0.15, 0.2) is 0 Å². The molecule has 0 amide bonds. The van der Waals surface area contributed by atoms with Gasteiger partial charge in [-0.05, 0) is 19.3 Å². The highest BCUT2D eigenvalue weighted by atomic mass is 14.1. The second-order valence-electron chi connectivity index (χ2n) is 3.76. The maximum atomic E-state index is 3.35. The molecular weight excluding hydrogens is 144 g/mol. The molecule has 0 aromatic carbocycles. The summed E-state index contributed by atoms with van der Waals surface area (Å²) < 4.78 is 0. The average Bonchev–Trinajstić information content (AvgIpc) is 2.14. The Bertz CT molecular complexity index is 159. The highest BCUT2D eigenvalue weighted by Gasteiger charge is 2.06. The van der Waals surface area contributed by atoms with Gasteiger partial charge in [-0.3, -0.25) is 0 Å². The zero-order valence-electron chi connectivity index (χ0n) is 8.23. The van der Waals surface area contributed by atoms with Gasteiger partial charge in [-0.2, -0.15) is 0 Å². The Morgan fingerprint density at radius 3 is 2.83 bits per heavy atom. The van der Waals surface area contributed by atoms with Gasteiger partial charge in [0.05, 0.1) is 0 Å². The van der Waals surface area contributed by atoms with Crippen LogP contribution in [0.25, 0.3) is 0 Å². The van der Waals surface area contributed by atoms with Crippen LogP contribution in [0.15, 0.2) is 0 Å². The Morgan fingerprint density at radius 1 is 1.25 bits per heavy atom. The van der Waals surface area contributed by atoms with Crippen molar-refractivity contribution in [2.24, 2.45) is 5.92 Å². The van der Waals surface area contributed by atoms with Crippen molar-refractivity contribution in [1.82, 2.24) is 0 Å². The highest BCUT2D eigenvalue weighted by molar-refractivity contribution is 5.06. The lowest BCUT2D eigenvalue weighted by molar-refractivity contribution is 0.493. The largest absolute Gasteiger partial charge is 0.103 e. The van der Waals surface area contributed by atoms with Gasteiger partial charge in [-0.1, -0.05) is 38.5 Å². The van der Waals surface area contributed by atoms with E-state index in [2.05, 4.69) is 18.8 Å². The SMILES string of the molecule is CCCCCCC1C#CCCC1. The molecule has 1 unspecified atom stereocenters. The predicted octanol–water partition coefficient (Wildman–Crippen LogP) is 3.76. The minimum atomic E-state index is 0.746. The molecule has 0 radical (unpaired) electrons. The molecule has 0 saturated carbocycles. The summed E-state index contributed by atoms with van der Waals surface area (Å²) >= 11 is 0. The van der Waals surface area contributed by atoms with E-state index in [1.807, 2.05) is 0 Å². The van der Waals surface area contributed by atoms with Crippen molar-refractivity contribution in [1.29, 1.82) is 0 Å². The molecule has 0 aliphatic heterocycles. The van der Waals surface area contributed by atoms with E-state index in [0.717, 1.165) is 12.3 Å². The topological polar surface area (TPSA) is 0 Å². The second-order valence-corrected chi connectivity index (χ2v) is 3.76. The summed E-state index contributed by atoms with van der Waals surface area (Å²) in [5.41, 5.74) is 0. The fourth-order valence-electron chi connectivity index (χ4n) is 1.76. The molecule has 0 heteroatoms. The Labute approximate surface area is 76.7 Å². The van der Waals surface area contributed by atoms with Crippen molar-refractivity contribution in [3.05, 3.63) is 0 Å². The first kappa shape index (κ1) is 9.65. The van der Waals surface area contributed by atoms with Crippen molar-refractivity contribution in [3.8, 4) is 11.8 Å². The van der Waals surface area contributed by atoms with Crippen molar-refractivity contribution in [2.45, 2.75) is 58.3 Å². The molecule has 1 atom stereocenters. The lowest BCUT2D eigenvalue weighted by atomic mass is 9.93. The van der Waals surface area contributed by atoms with E-state index < -0.39 is 0 Å². The fourth-order valence-corrected chi connectivity index (χ4v) is 1.76. The minimum absolute atomic E-state index is 0.746. The minimum Gasteiger partial charge on any atom is -0.103 e. The molecule has 0 aromatic heterocycles. The van der Waals surface area contributed by atoms with Gasteiger partial charge < -0.3 is 0 Å². The lowest BCUT2D eigenvalue weighted by Crippen LogP contribution is -2.00. The summed E-state index contributed by atoms with van der Waals surface area (Å²) in [6, 6.07) is 0. The molecule has 0 nitrogen and oxygen atoms in total. The average molecular weight is 164 g/mol. The molecule has 0 fully saturated rings. The molecule has 1 aliphatic carbocycles. The molecule has 0 N–H and O–H groups in total. The molecule has 0 bridgehead atoms. The summed E-state index contributed by atoms with van der Waals surface area (Å²) in [5.74, 6) is 7.32. The van der Waals surface area contributed by atoms with Gasteiger partial charge in [0.2, 0.25) is 0 Å². The van der Waals surface area contributed by atoms with E-state index in [4.69, 9.17) is 0 Å². The van der Waals surface area contributed by atoms with Gasteiger partial charge in [-0.25, -0.2) is 0 Å². The molecule has 0 spiro atoms. The maximum Gasteiger partial charge on any atom is 0.0203 e. The van der Waals surface area contributed by atoms with Crippen LogP contribution in [0, 0.1) is 17.8 Å². The number of hydrogen-bond acceptors (Lipinski definition) is 0. The standard InChI is InChI=1S/C12H20/c1-2-3-4-6-9-12-10-7-5-8-11-12/h12H,2-7,9-10H2,1H3. The molecule has 1 aliphatic rings. The number of rotatable bonds is 5. The fraction of sp³-hybridized carbons (Fsp3) is 0.833. The van der Waals surface area contributed by atoms with Crippen LogP contribution in [-0.4, -0.2) is 0 Å². The van der Waals surface area contributed by atoms with Crippen LogP contribution in [0.2, 0.25) is 0 Å². The second kappa shape index (κ2) is 6.12. The van der Waals surface area contributed by atoms with Crippen LogP contribution in [0.1, 0.15) is 58.3 Å². The van der Waals surface area contributed by atoms with Gasteiger partial charge in [-0.15, -0.1) is 5.92 Å². The first-order valence-electron chi connectivity index (χ1n) is 5.42. The third kappa shape index (κ3) is 3.81. The molecular formula is C12H20. The van der Waals surface area contributed by atoms with Crippen LogP contribution in [-0.2, 0) is 0 Å². The van der Waals surface area contributed by atoms with E-state index in [9.17, 15) is 0 Å². The Kier molecular flexibility index (Phi) is 4.92. The van der Waals surface area contributed by atoms with E-state index in [0.29, 0.717) is 0 Å². The number of unbranched alkanes of at least 4 members (excludes halogenated alkanes) is 3. The van der Waals surface area contributed by atoms with Crippen LogP contribution >= 0.6 is 0 Å². The summed E-state index contributed by atoms with van der Waals surface area (Å²) in [6.07, 6.45) is 10.8. The van der Waals surface area contributed by atoms with Crippen molar-refractivity contribution in [3.63, 3.8) is 0 Å². The van der Waals surface area contributed by atoms with E-state index >= 15 is 0 Å². The summed E-state index contributed by atoms with van der Waals surface area (Å²) in [6.45, 7) is 2.26. The summed E-state index contributed by atoms with van der Waals surface area (Å²) in [4.78, 5) is 0. The molecule has 0 aromatic rings. The first-order chi connectivity index (χ1) is 5.93. The quantitative estimate of drug-likeness (QED) is 0.428. The first-order valence-corrected chi connectivity index (χ1v) is 5.42. The van der Waals surface area contributed by atoms with Crippen molar-refractivity contribution < 1.29 is 0 Å². The van der Waals surface area contributed by atoms with Crippen LogP contribution in [0.3, 0.4) is 0 Å². The van der Waals surface area contributed by atoms with Gasteiger partial charge in [0.25, 0.3) is 0 Å². The molecule has 12 heavy (non-hydrogen) atoms. The van der Waals surface area contributed by atoms with Gasteiger partial charge in [0, 0.05) is 12.3 Å². The van der Waals surface area contributed by atoms with Gasteiger partial charge in [0.1, 0.15) is 0 Å². The molecule has 0 heterocycles. The van der Waals surface area contributed by atoms with Crippen molar-refractivity contribution >= 4 is 0 Å². The monoisotopic (exact) mass is 164 g/mol. The Hall–Kier alpha value is -0.440. The van der Waals surface area contributed by atoms with E-state index in [1.165, 1.54) is 44.9 Å². The Balaban J connectivity index is 2.01. The number of hydrogen-bond donors (Lipinski definition) is 0. The van der Waals surface area contributed by atoms with E-state index in [-0.39, 0.29) is 0 Å². The zero-order chi connectivity index (χ0) is 8.65. The van der Waals surface area contributed by atoms with Crippen LogP contribution in [0.4, 0.5) is 0 Å². The summed E-state index contributed by atoms with van der Waals surface area (Å²) in [5, 5.41) is 0. The normalized spacial score (nSPS) is 21.6. The molecule has 0 saturated heterocycles. The molecule has 68 valence electrons. The van der Waals surface area contributed by atoms with Crippen molar-refractivity contribution in [2.75, 3.05) is 0 Å². The highest BCUT2D eigenvalue weighted by Crippen LogP contribution is 2.18. The Morgan fingerprint density at radius 2 is 2.17 bits per heavy atom. The third-order valence-corrected chi connectivity index (χ3v) is 2.57. The third-order valence-electron chi connectivity index (χ3n) is 2.57. The van der Waals surface area contributed by atoms with Gasteiger partial charge >= 0.3 is 0 Å². The maximum absolute atomic E-state index is 3.35. The van der Waals surface area contributed by atoms with Crippen LogP contribution in [0.5, 0.6) is 0 Å². The molecule has 1 rings (SSSR count). The lowest BCUT2D eigenvalue weighted by Gasteiger charge is -2.12. The summed E-state index contributed by atoms with van der Waals surface area (Å²) in [7, 11) is 0.